The maximum atomic E-state index is 6.35. The molecule has 1 aromatic carbocycles. The van der Waals surface area contributed by atoms with Crippen molar-refractivity contribution in [3.63, 3.8) is 0 Å². The Balaban J connectivity index is 1.86. The zero-order valence-electron chi connectivity index (χ0n) is 7.74. The van der Waals surface area contributed by atoms with Crippen molar-refractivity contribution in [3.8, 4) is 0 Å². The molecule has 0 saturated heterocycles. The summed E-state index contributed by atoms with van der Waals surface area (Å²) in [6.07, 6.45) is 4.04. The van der Waals surface area contributed by atoms with Crippen LogP contribution in [0.1, 0.15) is 24.8 Å². The summed E-state index contributed by atoms with van der Waals surface area (Å²) in [6.45, 7) is 0. The molecule has 13 heavy (non-hydrogen) atoms. The first-order valence-corrected chi connectivity index (χ1v) is 5.15. The second-order valence-electron chi connectivity index (χ2n) is 4.55. The van der Waals surface area contributed by atoms with Crippen LogP contribution in [0, 0.1) is 11.8 Å². The summed E-state index contributed by atoms with van der Waals surface area (Å²) in [6, 6.07) is 10.6. The molecular weight excluding hydrogens is 158 g/mol. The molecule has 0 amide bonds. The Morgan fingerprint density at radius 3 is 2.46 bits per heavy atom. The Morgan fingerprint density at radius 2 is 1.85 bits per heavy atom. The fourth-order valence-corrected chi connectivity index (χ4v) is 2.47. The largest absolute Gasteiger partial charge is 0.321 e. The van der Waals surface area contributed by atoms with Crippen molar-refractivity contribution in [3.05, 3.63) is 35.9 Å². The van der Waals surface area contributed by atoms with Crippen LogP contribution in [0.3, 0.4) is 0 Å². The third kappa shape index (κ3) is 1.11. The molecule has 2 atom stereocenters. The minimum Gasteiger partial charge on any atom is -0.321 e. The summed E-state index contributed by atoms with van der Waals surface area (Å²) in [5.74, 6) is 1.74. The smallest absolute Gasteiger partial charge is 0.0445 e. The van der Waals surface area contributed by atoms with Crippen molar-refractivity contribution in [2.24, 2.45) is 17.6 Å². The fraction of sp³-hybridized carbons (Fsp3) is 0.500. The highest BCUT2D eigenvalue weighted by atomic mass is 14.9. The molecule has 2 aliphatic carbocycles. The fourth-order valence-electron chi connectivity index (χ4n) is 2.47. The Morgan fingerprint density at radius 1 is 1.15 bits per heavy atom. The highest BCUT2D eigenvalue weighted by Gasteiger charge is 2.58. The van der Waals surface area contributed by atoms with Crippen LogP contribution in [0.5, 0.6) is 0 Å². The number of hydrogen-bond donors (Lipinski definition) is 1. The van der Waals surface area contributed by atoms with Gasteiger partial charge in [0.25, 0.3) is 0 Å². The van der Waals surface area contributed by atoms with Gasteiger partial charge in [-0.05, 0) is 36.7 Å². The Bertz CT molecular complexity index is 315. The molecule has 2 aliphatic rings. The summed E-state index contributed by atoms with van der Waals surface area (Å²) < 4.78 is 0. The Kier molecular flexibility index (Phi) is 1.37. The van der Waals surface area contributed by atoms with Crippen LogP contribution in [-0.4, -0.2) is 0 Å². The average molecular weight is 173 g/mol. The van der Waals surface area contributed by atoms with Crippen molar-refractivity contribution < 1.29 is 0 Å². The predicted molar refractivity (Wildman–Crippen MR) is 53.1 cm³/mol. The van der Waals surface area contributed by atoms with Gasteiger partial charge in [0.15, 0.2) is 0 Å². The monoisotopic (exact) mass is 173 g/mol. The van der Waals surface area contributed by atoms with Crippen LogP contribution < -0.4 is 5.73 Å². The summed E-state index contributed by atoms with van der Waals surface area (Å²) in [5.41, 5.74) is 7.74. The maximum absolute atomic E-state index is 6.35. The quantitative estimate of drug-likeness (QED) is 0.729. The third-order valence-corrected chi connectivity index (χ3v) is 3.56. The first kappa shape index (κ1) is 7.57. The van der Waals surface area contributed by atoms with Crippen LogP contribution >= 0.6 is 0 Å². The van der Waals surface area contributed by atoms with Crippen molar-refractivity contribution >= 4 is 0 Å². The lowest BCUT2D eigenvalue weighted by Gasteiger charge is -2.11. The molecule has 68 valence electrons. The second kappa shape index (κ2) is 2.36. The van der Waals surface area contributed by atoms with Gasteiger partial charge in [-0.2, -0.15) is 0 Å². The molecule has 2 N–H and O–H groups in total. The first-order valence-electron chi connectivity index (χ1n) is 5.15. The molecule has 1 aromatic rings. The van der Waals surface area contributed by atoms with Gasteiger partial charge >= 0.3 is 0 Å². The summed E-state index contributed by atoms with van der Waals surface area (Å²) in [4.78, 5) is 0. The summed E-state index contributed by atoms with van der Waals surface area (Å²) in [7, 11) is 0. The van der Waals surface area contributed by atoms with Crippen LogP contribution in [0.25, 0.3) is 0 Å². The van der Waals surface area contributed by atoms with Gasteiger partial charge in [0, 0.05) is 5.54 Å². The molecule has 2 unspecified atom stereocenters. The molecule has 0 spiro atoms. The number of rotatable bonds is 2. The Hall–Kier alpha value is -0.820. The van der Waals surface area contributed by atoms with E-state index in [1.807, 2.05) is 0 Å². The van der Waals surface area contributed by atoms with E-state index >= 15 is 0 Å². The molecule has 2 saturated carbocycles. The van der Waals surface area contributed by atoms with E-state index in [9.17, 15) is 0 Å². The maximum Gasteiger partial charge on any atom is 0.0445 e. The minimum atomic E-state index is 0.0441. The van der Waals surface area contributed by atoms with Crippen molar-refractivity contribution in [2.75, 3.05) is 0 Å². The van der Waals surface area contributed by atoms with Crippen molar-refractivity contribution in [1.29, 1.82) is 0 Å². The number of nitrogens with two attached hydrogens (primary N) is 1. The van der Waals surface area contributed by atoms with E-state index in [2.05, 4.69) is 30.3 Å². The molecule has 3 rings (SSSR count). The second-order valence-corrected chi connectivity index (χ2v) is 4.55. The average Bonchev–Trinajstić information content (AvgIpc) is 3.00. The standard InChI is InChI=1S/C12H15N/c13-12(8-11(12)9-6-7-9)10-4-2-1-3-5-10/h1-5,9,11H,6-8,13H2. The predicted octanol–water partition coefficient (Wildman–Crippen LogP) is 2.27. The zero-order valence-corrected chi connectivity index (χ0v) is 7.74. The Labute approximate surface area is 78.9 Å². The van der Waals surface area contributed by atoms with E-state index in [0.29, 0.717) is 0 Å². The van der Waals surface area contributed by atoms with E-state index in [0.717, 1.165) is 11.8 Å². The van der Waals surface area contributed by atoms with Gasteiger partial charge in [-0.1, -0.05) is 30.3 Å². The highest BCUT2D eigenvalue weighted by Crippen LogP contribution is 2.60. The summed E-state index contributed by atoms with van der Waals surface area (Å²) in [5, 5.41) is 0. The normalized spacial score (nSPS) is 37.5. The molecule has 1 nitrogen and oxygen atoms in total. The van der Waals surface area contributed by atoms with Crippen LogP contribution in [0.4, 0.5) is 0 Å². The number of hydrogen-bond acceptors (Lipinski definition) is 1. The van der Waals surface area contributed by atoms with Gasteiger partial charge in [0.2, 0.25) is 0 Å². The third-order valence-electron chi connectivity index (χ3n) is 3.56. The minimum absolute atomic E-state index is 0.0441. The summed E-state index contributed by atoms with van der Waals surface area (Å²) >= 11 is 0. The molecule has 0 radical (unpaired) electrons. The SMILES string of the molecule is NC1(c2ccccc2)CC1C1CC1. The van der Waals surface area contributed by atoms with E-state index in [1.54, 1.807) is 0 Å². The molecule has 2 fully saturated rings. The van der Waals surface area contributed by atoms with E-state index in [-0.39, 0.29) is 5.54 Å². The van der Waals surface area contributed by atoms with E-state index in [4.69, 9.17) is 5.73 Å². The van der Waals surface area contributed by atoms with Gasteiger partial charge in [-0.3, -0.25) is 0 Å². The molecular formula is C12H15N. The topological polar surface area (TPSA) is 26.0 Å². The van der Waals surface area contributed by atoms with Gasteiger partial charge in [0.1, 0.15) is 0 Å². The zero-order chi connectivity index (χ0) is 8.89. The molecule has 0 aliphatic heterocycles. The molecule has 1 heteroatoms. The van der Waals surface area contributed by atoms with Crippen LogP contribution in [-0.2, 0) is 5.54 Å². The van der Waals surface area contributed by atoms with Gasteiger partial charge in [-0.25, -0.2) is 0 Å². The van der Waals surface area contributed by atoms with Gasteiger partial charge < -0.3 is 5.73 Å². The van der Waals surface area contributed by atoms with Crippen molar-refractivity contribution in [2.45, 2.75) is 24.8 Å². The molecule has 0 heterocycles. The lowest BCUT2D eigenvalue weighted by atomic mass is 10.0. The number of benzene rings is 1. The van der Waals surface area contributed by atoms with Crippen LogP contribution in [0.2, 0.25) is 0 Å². The van der Waals surface area contributed by atoms with Crippen LogP contribution in [0.15, 0.2) is 30.3 Å². The molecule has 0 bridgehead atoms. The first-order chi connectivity index (χ1) is 6.31. The lowest BCUT2D eigenvalue weighted by molar-refractivity contribution is 0.575. The lowest BCUT2D eigenvalue weighted by Crippen LogP contribution is -2.22. The van der Waals surface area contributed by atoms with Crippen molar-refractivity contribution in [1.82, 2.24) is 0 Å². The highest BCUT2D eigenvalue weighted by molar-refractivity contribution is 5.32. The van der Waals surface area contributed by atoms with E-state index < -0.39 is 0 Å². The molecule has 0 aromatic heterocycles. The van der Waals surface area contributed by atoms with Gasteiger partial charge in [-0.15, -0.1) is 0 Å². The van der Waals surface area contributed by atoms with Gasteiger partial charge in [0.05, 0.1) is 0 Å². The van der Waals surface area contributed by atoms with E-state index in [1.165, 1.54) is 24.8 Å².